The lowest BCUT2D eigenvalue weighted by molar-refractivity contribution is -0.160. The van der Waals surface area contributed by atoms with Crippen LogP contribution in [0.1, 0.15) is 0 Å². The first-order chi connectivity index (χ1) is 4.96. The van der Waals surface area contributed by atoms with E-state index in [1.54, 1.807) is 0 Å². The smallest absolute Gasteiger partial charge is 0.175 e. The van der Waals surface area contributed by atoms with Gasteiger partial charge in [0.05, 0.1) is 6.61 Å². The van der Waals surface area contributed by atoms with E-state index >= 15 is 0 Å². The summed E-state index contributed by atoms with van der Waals surface area (Å²) < 4.78 is 0. The average Bonchev–Trinajstić information content (AvgIpc) is 2.01. The predicted molar refractivity (Wildman–Crippen MR) is 34.3 cm³/mol. The second kappa shape index (κ2) is 3.74. The van der Waals surface area contributed by atoms with Gasteiger partial charge in [0, 0.05) is 0 Å². The van der Waals surface area contributed by atoms with Gasteiger partial charge in [-0.05, 0) is 0 Å². The Morgan fingerprint density at radius 2 is 2.00 bits per heavy atom. The van der Waals surface area contributed by atoms with Crippen molar-refractivity contribution in [2.45, 2.75) is 17.9 Å². The van der Waals surface area contributed by atoms with Gasteiger partial charge in [0.25, 0.3) is 0 Å². The lowest BCUT2D eigenvalue weighted by Gasteiger charge is -2.28. The van der Waals surface area contributed by atoms with E-state index in [9.17, 15) is 4.79 Å². The van der Waals surface area contributed by atoms with Gasteiger partial charge in [0.2, 0.25) is 0 Å². The van der Waals surface area contributed by atoms with Crippen molar-refractivity contribution in [1.82, 2.24) is 0 Å². The molecule has 0 radical (unpaired) electrons. The lowest BCUT2D eigenvalue weighted by atomic mass is 10.0. The number of aldehydes is 1. The Hall–Kier alpha value is -0.530. The van der Waals surface area contributed by atoms with E-state index in [0.717, 1.165) is 0 Å². The fourth-order valence-corrected chi connectivity index (χ4v) is 0.452. The zero-order chi connectivity index (χ0) is 9.07. The number of hydrogen-bond donors (Lipinski definition) is 5. The van der Waals surface area contributed by atoms with E-state index in [2.05, 4.69) is 0 Å². The van der Waals surface area contributed by atoms with Crippen LogP contribution in [0.25, 0.3) is 0 Å². The fraction of sp³-hybridized carbons (Fsp3) is 0.800. The first-order valence-corrected chi connectivity index (χ1v) is 2.90. The van der Waals surface area contributed by atoms with Crippen LogP contribution in [0.2, 0.25) is 0 Å². The van der Waals surface area contributed by atoms with Crippen LogP contribution in [-0.4, -0.2) is 51.3 Å². The molecule has 0 aliphatic carbocycles. The van der Waals surface area contributed by atoms with Crippen molar-refractivity contribution in [3.63, 3.8) is 0 Å². The molecular formula is C5H11NO5. The van der Waals surface area contributed by atoms with Gasteiger partial charge >= 0.3 is 0 Å². The summed E-state index contributed by atoms with van der Waals surface area (Å²) in [4.78, 5) is 9.89. The third-order valence-electron chi connectivity index (χ3n) is 1.31. The molecule has 66 valence electrons. The molecule has 0 aliphatic heterocycles. The number of aliphatic hydroxyl groups is 4. The molecule has 0 spiro atoms. The van der Waals surface area contributed by atoms with Crippen LogP contribution in [-0.2, 0) is 4.79 Å². The minimum atomic E-state index is -2.49. The molecule has 0 aromatic carbocycles. The Labute approximate surface area is 62.9 Å². The molecule has 6 heteroatoms. The molecule has 0 saturated heterocycles. The summed E-state index contributed by atoms with van der Waals surface area (Å²) in [5.41, 5.74) is 2.40. The highest BCUT2D eigenvalue weighted by Crippen LogP contribution is 2.06. The summed E-state index contributed by atoms with van der Waals surface area (Å²) in [6, 6.07) is 0. The van der Waals surface area contributed by atoms with E-state index in [1.807, 2.05) is 0 Å². The number of hydrogen-bond acceptors (Lipinski definition) is 6. The Bertz CT molecular complexity index is 137. The molecule has 3 atom stereocenters. The van der Waals surface area contributed by atoms with E-state index < -0.39 is 24.5 Å². The second-order valence-electron chi connectivity index (χ2n) is 2.17. The number of aliphatic hydroxyl groups excluding tert-OH is 3. The van der Waals surface area contributed by atoms with Crippen LogP contribution in [0.5, 0.6) is 0 Å². The molecule has 0 heterocycles. The van der Waals surface area contributed by atoms with E-state index in [1.165, 1.54) is 0 Å². The summed E-state index contributed by atoms with van der Waals surface area (Å²) in [6.07, 6.45) is -3.69. The van der Waals surface area contributed by atoms with Crippen LogP contribution in [0.3, 0.4) is 0 Å². The molecule has 0 amide bonds. The number of carbonyl (C=O) groups excluding carboxylic acids is 1. The highest BCUT2D eigenvalue weighted by molar-refractivity contribution is 5.57. The molecule has 11 heavy (non-hydrogen) atoms. The highest BCUT2D eigenvalue weighted by atomic mass is 16.4. The maximum atomic E-state index is 9.89. The molecule has 0 rings (SSSR count). The monoisotopic (exact) mass is 165 g/mol. The van der Waals surface area contributed by atoms with Gasteiger partial charge in [-0.1, -0.05) is 0 Å². The van der Waals surface area contributed by atoms with E-state index in [0.29, 0.717) is 0 Å². The van der Waals surface area contributed by atoms with Gasteiger partial charge in [0.15, 0.2) is 18.1 Å². The molecule has 6 N–H and O–H groups in total. The Morgan fingerprint density at radius 1 is 1.55 bits per heavy atom. The number of carbonyl (C=O) groups is 1. The second-order valence-corrected chi connectivity index (χ2v) is 2.17. The van der Waals surface area contributed by atoms with Crippen molar-refractivity contribution < 1.29 is 25.2 Å². The molecule has 0 aromatic rings. The van der Waals surface area contributed by atoms with Crippen LogP contribution < -0.4 is 5.73 Å². The van der Waals surface area contributed by atoms with Crippen LogP contribution >= 0.6 is 0 Å². The average molecular weight is 165 g/mol. The third-order valence-corrected chi connectivity index (χ3v) is 1.31. The Kier molecular flexibility index (Phi) is 3.56. The van der Waals surface area contributed by atoms with Crippen LogP contribution in [0.4, 0.5) is 0 Å². The molecule has 0 aliphatic rings. The van der Waals surface area contributed by atoms with Crippen LogP contribution in [0.15, 0.2) is 0 Å². The predicted octanol–water partition coefficient (Wildman–Crippen LogP) is -3.45. The van der Waals surface area contributed by atoms with Crippen molar-refractivity contribution in [3.05, 3.63) is 0 Å². The summed E-state index contributed by atoms with van der Waals surface area (Å²) in [5.74, 6) is 0. The Balaban J connectivity index is 4.29. The summed E-state index contributed by atoms with van der Waals surface area (Å²) in [6.45, 7) is -0.835. The maximum Gasteiger partial charge on any atom is 0.175 e. The molecule has 0 fully saturated rings. The van der Waals surface area contributed by atoms with Gasteiger partial charge in [0.1, 0.15) is 6.10 Å². The third kappa shape index (κ3) is 2.21. The van der Waals surface area contributed by atoms with Crippen molar-refractivity contribution in [2.24, 2.45) is 5.73 Å². The molecule has 0 aromatic heterocycles. The number of rotatable bonds is 4. The van der Waals surface area contributed by atoms with Gasteiger partial charge in [-0.3, -0.25) is 5.73 Å². The molecule has 0 unspecified atom stereocenters. The topological polar surface area (TPSA) is 124 Å². The molecule has 0 bridgehead atoms. The van der Waals surface area contributed by atoms with Crippen molar-refractivity contribution >= 4 is 6.29 Å². The largest absolute Gasteiger partial charge is 0.394 e. The van der Waals surface area contributed by atoms with Gasteiger partial charge in [-0.15, -0.1) is 0 Å². The first-order valence-electron chi connectivity index (χ1n) is 2.90. The SMILES string of the molecule is N[C@@](O)([C@H](O)CO)[C@@H](O)C=O. The molecule has 0 saturated carbocycles. The molecule has 6 nitrogen and oxygen atoms in total. The van der Waals surface area contributed by atoms with Crippen molar-refractivity contribution in [3.8, 4) is 0 Å². The zero-order valence-corrected chi connectivity index (χ0v) is 5.71. The molecular weight excluding hydrogens is 154 g/mol. The summed E-state index contributed by atoms with van der Waals surface area (Å²) in [7, 11) is 0. The summed E-state index contributed by atoms with van der Waals surface area (Å²) in [5, 5.41) is 34.7. The van der Waals surface area contributed by atoms with Crippen molar-refractivity contribution in [1.29, 1.82) is 0 Å². The van der Waals surface area contributed by atoms with Crippen LogP contribution in [0, 0.1) is 0 Å². The van der Waals surface area contributed by atoms with Gasteiger partial charge in [-0.25, -0.2) is 0 Å². The quantitative estimate of drug-likeness (QED) is 0.218. The summed E-state index contributed by atoms with van der Waals surface area (Å²) >= 11 is 0. The number of nitrogens with two attached hydrogens (primary N) is 1. The zero-order valence-electron chi connectivity index (χ0n) is 5.71. The fourth-order valence-electron chi connectivity index (χ4n) is 0.452. The van der Waals surface area contributed by atoms with Gasteiger partial charge < -0.3 is 25.2 Å². The highest BCUT2D eigenvalue weighted by Gasteiger charge is 2.38. The van der Waals surface area contributed by atoms with Crippen molar-refractivity contribution in [2.75, 3.05) is 6.61 Å². The van der Waals surface area contributed by atoms with E-state index in [-0.39, 0.29) is 6.29 Å². The normalized spacial score (nSPS) is 21.9. The minimum Gasteiger partial charge on any atom is -0.394 e. The van der Waals surface area contributed by atoms with E-state index in [4.69, 9.17) is 26.2 Å². The first kappa shape index (κ1) is 10.5. The standard InChI is InChI=1S/C5H11NO5/c6-5(11,3(9)1-7)4(10)2-8/h1,3-4,8-11H,2,6H2/t3-,4+,5-/m0/s1. The maximum absolute atomic E-state index is 9.89. The van der Waals surface area contributed by atoms with Gasteiger partial charge in [-0.2, -0.15) is 0 Å². The lowest BCUT2D eigenvalue weighted by Crippen LogP contribution is -2.61. The minimum absolute atomic E-state index is 0.0289. The Morgan fingerprint density at radius 3 is 2.27 bits per heavy atom.